The molecule has 116 valence electrons. The maximum atomic E-state index is 11.2. The number of aromatic amines is 1. The average molecular weight is 299 g/mol. The Morgan fingerprint density at radius 1 is 1.23 bits per heavy atom. The number of carbonyl (C=O) groups excluding carboxylic acids is 1. The fourth-order valence-corrected chi connectivity index (χ4v) is 3.55. The molecule has 4 rings (SSSR count). The number of benzene rings is 1. The zero-order valence-electron chi connectivity index (χ0n) is 12.6. The molecule has 1 N–H and O–H groups in total. The Bertz CT molecular complexity index is 640. The average Bonchev–Trinajstić information content (AvgIpc) is 3.14. The van der Waals surface area contributed by atoms with Gasteiger partial charge in [0, 0.05) is 18.9 Å². The van der Waals surface area contributed by atoms with Gasteiger partial charge in [0.2, 0.25) is 0 Å². The van der Waals surface area contributed by atoms with Gasteiger partial charge >= 0.3 is 5.97 Å². The quantitative estimate of drug-likeness (QED) is 0.885. The van der Waals surface area contributed by atoms with Crippen molar-refractivity contribution in [2.75, 3.05) is 19.6 Å². The first kappa shape index (κ1) is 13.8. The van der Waals surface area contributed by atoms with Gasteiger partial charge in [0.15, 0.2) is 0 Å². The maximum absolute atomic E-state index is 11.2. The van der Waals surface area contributed by atoms with Crippen molar-refractivity contribution in [2.24, 2.45) is 0 Å². The Hall–Kier alpha value is -1.88. The lowest BCUT2D eigenvalue weighted by molar-refractivity contribution is -0.142. The van der Waals surface area contributed by atoms with Crippen LogP contribution in [0.4, 0.5) is 0 Å². The van der Waals surface area contributed by atoms with Crippen LogP contribution in [-0.4, -0.2) is 46.6 Å². The highest BCUT2D eigenvalue weighted by molar-refractivity contribution is 5.74. The van der Waals surface area contributed by atoms with Crippen LogP contribution in [0.5, 0.6) is 0 Å². The lowest BCUT2D eigenvalue weighted by Crippen LogP contribution is -2.38. The molecule has 3 heterocycles. The number of carbonyl (C=O) groups is 1. The van der Waals surface area contributed by atoms with E-state index in [9.17, 15) is 4.79 Å². The predicted octanol–water partition coefficient (Wildman–Crippen LogP) is 2.45. The van der Waals surface area contributed by atoms with Gasteiger partial charge in [-0.25, -0.2) is 4.98 Å². The van der Waals surface area contributed by atoms with E-state index in [2.05, 4.69) is 22.0 Å². The highest BCUT2D eigenvalue weighted by Gasteiger charge is 2.28. The van der Waals surface area contributed by atoms with Crippen molar-refractivity contribution in [2.45, 2.75) is 37.7 Å². The largest absolute Gasteiger partial charge is 0.461 e. The van der Waals surface area contributed by atoms with Crippen LogP contribution in [-0.2, 0) is 9.53 Å². The maximum Gasteiger partial charge on any atom is 0.306 e. The molecule has 5 heteroatoms. The third kappa shape index (κ3) is 2.73. The molecule has 0 amide bonds. The van der Waals surface area contributed by atoms with E-state index in [4.69, 9.17) is 9.72 Å². The van der Waals surface area contributed by atoms with Crippen molar-refractivity contribution < 1.29 is 9.53 Å². The minimum atomic E-state index is -0.0397. The summed E-state index contributed by atoms with van der Waals surface area (Å²) in [6, 6.07) is 8.20. The first-order valence-corrected chi connectivity index (χ1v) is 8.14. The van der Waals surface area contributed by atoms with E-state index >= 15 is 0 Å². The monoisotopic (exact) mass is 299 g/mol. The van der Waals surface area contributed by atoms with Crippen molar-refractivity contribution in [1.82, 2.24) is 14.9 Å². The third-order valence-corrected chi connectivity index (χ3v) is 4.81. The van der Waals surface area contributed by atoms with Crippen LogP contribution in [0, 0.1) is 0 Å². The SMILES string of the molecule is O=C1CCC(CN2CCC(c3nc4ccccc4[nH]3)CC2)O1. The minimum Gasteiger partial charge on any atom is -0.461 e. The first-order valence-electron chi connectivity index (χ1n) is 8.14. The summed E-state index contributed by atoms with van der Waals surface area (Å²) in [5.74, 6) is 1.59. The number of esters is 1. The van der Waals surface area contributed by atoms with Gasteiger partial charge in [0.05, 0.1) is 11.0 Å². The topological polar surface area (TPSA) is 58.2 Å². The second kappa shape index (κ2) is 5.72. The molecule has 2 saturated heterocycles. The zero-order chi connectivity index (χ0) is 14.9. The Morgan fingerprint density at radius 2 is 2.05 bits per heavy atom. The molecule has 2 aliphatic rings. The number of nitrogens with zero attached hydrogens (tertiary/aromatic N) is 2. The van der Waals surface area contributed by atoms with Crippen molar-refractivity contribution in [3.63, 3.8) is 0 Å². The summed E-state index contributed by atoms with van der Waals surface area (Å²) in [5.41, 5.74) is 2.18. The molecule has 1 aromatic carbocycles. The second-order valence-corrected chi connectivity index (χ2v) is 6.36. The minimum absolute atomic E-state index is 0.0397. The summed E-state index contributed by atoms with van der Waals surface area (Å²) in [6.45, 7) is 2.99. The number of fused-ring (bicyclic) bond motifs is 1. The number of para-hydroxylation sites is 2. The number of likely N-dealkylation sites (tertiary alicyclic amines) is 1. The van der Waals surface area contributed by atoms with Gasteiger partial charge in [-0.1, -0.05) is 12.1 Å². The number of cyclic esters (lactones) is 1. The summed E-state index contributed by atoms with van der Waals surface area (Å²) < 4.78 is 5.32. The van der Waals surface area contributed by atoms with E-state index < -0.39 is 0 Å². The Labute approximate surface area is 129 Å². The van der Waals surface area contributed by atoms with E-state index in [0.29, 0.717) is 12.3 Å². The smallest absolute Gasteiger partial charge is 0.306 e. The normalized spacial score (nSPS) is 24.0. The van der Waals surface area contributed by atoms with Crippen molar-refractivity contribution in [3.8, 4) is 0 Å². The lowest BCUT2D eigenvalue weighted by atomic mass is 9.96. The number of aromatic nitrogens is 2. The van der Waals surface area contributed by atoms with Crippen LogP contribution in [0.15, 0.2) is 24.3 Å². The van der Waals surface area contributed by atoms with Gasteiger partial charge in [-0.2, -0.15) is 0 Å². The number of hydrogen-bond donors (Lipinski definition) is 1. The number of nitrogens with one attached hydrogen (secondary N) is 1. The van der Waals surface area contributed by atoms with Gasteiger partial charge in [0.25, 0.3) is 0 Å². The van der Waals surface area contributed by atoms with Crippen LogP contribution in [0.25, 0.3) is 11.0 Å². The number of piperidine rings is 1. The highest BCUT2D eigenvalue weighted by Crippen LogP contribution is 2.28. The number of imidazole rings is 1. The number of H-pyrrole nitrogens is 1. The van der Waals surface area contributed by atoms with Crippen LogP contribution in [0.1, 0.15) is 37.4 Å². The summed E-state index contributed by atoms with van der Waals surface area (Å²) in [7, 11) is 0. The molecular weight excluding hydrogens is 278 g/mol. The van der Waals surface area contributed by atoms with Crippen LogP contribution < -0.4 is 0 Å². The third-order valence-electron chi connectivity index (χ3n) is 4.81. The summed E-state index contributed by atoms with van der Waals surface area (Å²) in [4.78, 5) is 21.8. The summed E-state index contributed by atoms with van der Waals surface area (Å²) in [6.07, 6.45) is 3.79. The molecule has 2 fully saturated rings. The molecule has 1 unspecified atom stereocenters. The fourth-order valence-electron chi connectivity index (χ4n) is 3.55. The van der Waals surface area contributed by atoms with Gasteiger partial charge in [0.1, 0.15) is 11.9 Å². The molecule has 1 atom stereocenters. The van der Waals surface area contributed by atoms with Crippen molar-refractivity contribution in [1.29, 1.82) is 0 Å². The van der Waals surface area contributed by atoms with Gasteiger partial charge < -0.3 is 9.72 Å². The molecule has 2 aromatic rings. The van der Waals surface area contributed by atoms with Crippen LogP contribution in [0.2, 0.25) is 0 Å². The lowest BCUT2D eigenvalue weighted by Gasteiger charge is -2.32. The fraction of sp³-hybridized carbons (Fsp3) is 0.529. The molecule has 0 spiro atoms. The van der Waals surface area contributed by atoms with Gasteiger partial charge in [-0.05, 0) is 44.5 Å². The van der Waals surface area contributed by atoms with E-state index in [1.807, 2.05) is 12.1 Å². The molecule has 0 aliphatic carbocycles. The highest BCUT2D eigenvalue weighted by atomic mass is 16.5. The predicted molar refractivity (Wildman–Crippen MR) is 83.6 cm³/mol. The van der Waals surface area contributed by atoms with E-state index in [-0.39, 0.29) is 12.1 Å². The molecule has 22 heavy (non-hydrogen) atoms. The Morgan fingerprint density at radius 3 is 2.77 bits per heavy atom. The van der Waals surface area contributed by atoms with E-state index in [1.165, 1.54) is 0 Å². The number of ether oxygens (including phenoxy) is 1. The van der Waals surface area contributed by atoms with Gasteiger partial charge in [-0.3, -0.25) is 9.69 Å². The Balaban J connectivity index is 1.36. The van der Waals surface area contributed by atoms with Crippen LogP contribution >= 0.6 is 0 Å². The molecule has 0 radical (unpaired) electrons. The standard InChI is InChI=1S/C17H21N3O2/c21-16-6-5-13(22-16)11-20-9-7-12(8-10-20)17-18-14-3-1-2-4-15(14)19-17/h1-4,12-13H,5-11H2,(H,18,19). The molecule has 0 saturated carbocycles. The number of hydrogen-bond acceptors (Lipinski definition) is 4. The van der Waals surface area contributed by atoms with Gasteiger partial charge in [-0.15, -0.1) is 0 Å². The molecule has 5 nitrogen and oxygen atoms in total. The van der Waals surface area contributed by atoms with Crippen molar-refractivity contribution in [3.05, 3.63) is 30.1 Å². The first-order chi connectivity index (χ1) is 10.8. The van der Waals surface area contributed by atoms with Crippen LogP contribution in [0.3, 0.4) is 0 Å². The summed E-state index contributed by atoms with van der Waals surface area (Å²) >= 11 is 0. The molecular formula is C17H21N3O2. The van der Waals surface area contributed by atoms with E-state index in [1.54, 1.807) is 0 Å². The molecule has 2 aliphatic heterocycles. The molecule has 0 bridgehead atoms. The second-order valence-electron chi connectivity index (χ2n) is 6.36. The zero-order valence-corrected chi connectivity index (χ0v) is 12.6. The van der Waals surface area contributed by atoms with E-state index in [0.717, 1.165) is 55.8 Å². The molecule has 1 aromatic heterocycles. The summed E-state index contributed by atoms with van der Waals surface area (Å²) in [5, 5.41) is 0. The number of rotatable bonds is 3. The Kier molecular flexibility index (Phi) is 3.58. The van der Waals surface area contributed by atoms with Crippen molar-refractivity contribution >= 4 is 17.0 Å².